The van der Waals surface area contributed by atoms with Crippen molar-refractivity contribution in [2.24, 2.45) is 5.73 Å². The fourth-order valence-electron chi connectivity index (χ4n) is 1.74. The summed E-state index contributed by atoms with van der Waals surface area (Å²) in [5.74, 6) is 0. The molecule has 1 rings (SSSR count). The average molecular weight is 235 g/mol. The minimum atomic E-state index is 0.724. The molecule has 0 amide bonds. The van der Waals surface area contributed by atoms with Gasteiger partial charge in [-0.15, -0.1) is 0 Å². The largest absolute Gasteiger partial charge is 0.330 e. The lowest BCUT2D eigenvalue weighted by molar-refractivity contribution is 0.276. The van der Waals surface area contributed by atoms with Crippen LogP contribution in [0.1, 0.15) is 11.1 Å². The fraction of sp³-hybridized carbons (Fsp3) is 0.571. The highest BCUT2D eigenvalue weighted by atomic mass is 15.1. The maximum Gasteiger partial charge on any atom is 0.0231 e. The zero-order valence-corrected chi connectivity index (χ0v) is 11.3. The van der Waals surface area contributed by atoms with Gasteiger partial charge in [-0.1, -0.05) is 24.3 Å². The molecule has 0 heterocycles. The summed E-state index contributed by atoms with van der Waals surface area (Å²) in [5, 5.41) is 0. The van der Waals surface area contributed by atoms with Crippen molar-refractivity contribution in [2.75, 3.05) is 40.8 Å². The molecule has 96 valence electrons. The average Bonchev–Trinajstić information content (AvgIpc) is 2.29. The van der Waals surface area contributed by atoms with Crippen LogP contribution in [0.2, 0.25) is 0 Å². The summed E-state index contributed by atoms with van der Waals surface area (Å²) in [6.07, 6.45) is 0.969. The Labute approximate surface area is 105 Å². The van der Waals surface area contributed by atoms with Gasteiger partial charge in [0.05, 0.1) is 0 Å². The second kappa shape index (κ2) is 7.43. The molecular weight excluding hydrogens is 210 g/mol. The van der Waals surface area contributed by atoms with Crippen molar-refractivity contribution in [1.82, 2.24) is 9.80 Å². The van der Waals surface area contributed by atoms with Gasteiger partial charge in [-0.05, 0) is 45.2 Å². The van der Waals surface area contributed by atoms with E-state index in [0.29, 0.717) is 0 Å². The summed E-state index contributed by atoms with van der Waals surface area (Å²) in [6, 6.07) is 8.78. The highest BCUT2D eigenvalue weighted by molar-refractivity contribution is 5.22. The molecule has 1 aromatic carbocycles. The predicted octanol–water partition coefficient (Wildman–Crippen LogP) is 1.18. The summed E-state index contributed by atoms with van der Waals surface area (Å²) >= 11 is 0. The van der Waals surface area contributed by atoms with Gasteiger partial charge < -0.3 is 15.5 Å². The van der Waals surface area contributed by atoms with Crippen molar-refractivity contribution in [2.45, 2.75) is 13.0 Å². The van der Waals surface area contributed by atoms with E-state index >= 15 is 0 Å². The number of rotatable bonds is 7. The van der Waals surface area contributed by atoms with Crippen molar-refractivity contribution in [3.05, 3.63) is 35.4 Å². The molecule has 3 heteroatoms. The van der Waals surface area contributed by atoms with Crippen LogP contribution >= 0.6 is 0 Å². The van der Waals surface area contributed by atoms with Crippen molar-refractivity contribution < 1.29 is 0 Å². The Morgan fingerprint density at radius 3 is 2.06 bits per heavy atom. The van der Waals surface area contributed by atoms with Crippen LogP contribution < -0.4 is 5.73 Å². The molecule has 0 radical (unpaired) electrons. The summed E-state index contributed by atoms with van der Waals surface area (Å²) in [5.41, 5.74) is 8.23. The standard InChI is InChI=1S/C14H25N3/c1-16(2)10-11-17(3)12-14-6-4-13(5-7-14)8-9-15/h4-7H,8-12,15H2,1-3H3. The molecular formula is C14H25N3. The minimum Gasteiger partial charge on any atom is -0.330 e. The Kier molecular flexibility index (Phi) is 6.19. The number of nitrogens with zero attached hydrogens (tertiary/aromatic N) is 2. The van der Waals surface area contributed by atoms with Crippen molar-refractivity contribution >= 4 is 0 Å². The van der Waals surface area contributed by atoms with E-state index in [4.69, 9.17) is 5.73 Å². The first kappa shape index (κ1) is 14.2. The van der Waals surface area contributed by atoms with E-state index < -0.39 is 0 Å². The maximum absolute atomic E-state index is 5.53. The molecule has 0 aliphatic heterocycles. The molecule has 17 heavy (non-hydrogen) atoms. The predicted molar refractivity (Wildman–Crippen MR) is 74.1 cm³/mol. The molecule has 3 nitrogen and oxygen atoms in total. The number of likely N-dealkylation sites (N-methyl/N-ethyl adjacent to an activating group) is 2. The van der Waals surface area contributed by atoms with Gasteiger partial charge in [0.15, 0.2) is 0 Å². The van der Waals surface area contributed by atoms with Gasteiger partial charge in [0.25, 0.3) is 0 Å². The zero-order valence-electron chi connectivity index (χ0n) is 11.3. The van der Waals surface area contributed by atoms with Crippen molar-refractivity contribution in [1.29, 1.82) is 0 Å². The normalized spacial score (nSPS) is 11.4. The van der Waals surface area contributed by atoms with Crippen LogP contribution in [0.5, 0.6) is 0 Å². The third kappa shape index (κ3) is 5.82. The quantitative estimate of drug-likeness (QED) is 0.770. The smallest absolute Gasteiger partial charge is 0.0231 e. The van der Waals surface area contributed by atoms with Gasteiger partial charge in [-0.3, -0.25) is 0 Å². The van der Waals surface area contributed by atoms with E-state index in [1.54, 1.807) is 0 Å². The van der Waals surface area contributed by atoms with Crippen LogP contribution in [0, 0.1) is 0 Å². The monoisotopic (exact) mass is 235 g/mol. The molecule has 0 saturated carbocycles. The molecule has 0 saturated heterocycles. The van der Waals surface area contributed by atoms with Gasteiger partial charge >= 0.3 is 0 Å². The second-order valence-corrected chi connectivity index (χ2v) is 4.90. The van der Waals surface area contributed by atoms with Crippen molar-refractivity contribution in [3.63, 3.8) is 0 Å². The topological polar surface area (TPSA) is 32.5 Å². The van der Waals surface area contributed by atoms with Crippen LogP contribution in [0.25, 0.3) is 0 Å². The first-order chi connectivity index (χ1) is 8.11. The Bertz CT molecular complexity index is 306. The van der Waals surface area contributed by atoms with E-state index in [1.165, 1.54) is 11.1 Å². The molecule has 0 aliphatic carbocycles. The Morgan fingerprint density at radius 1 is 0.941 bits per heavy atom. The lowest BCUT2D eigenvalue weighted by atomic mass is 10.1. The molecule has 0 bridgehead atoms. The lowest BCUT2D eigenvalue weighted by Gasteiger charge is -2.19. The van der Waals surface area contributed by atoms with E-state index in [1.807, 2.05) is 0 Å². The zero-order chi connectivity index (χ0) is 12.7. The highest BCUT2D eigenvalue weighted by Crippen LogP contribution is 2.07. The molecule has 0 spiro atoms. The van der Waals surface area contributed by atoms with E-state index in [9.17, 15) is 0 Å². The Hall–Kier alpha value is -0.900. The number of hydrogen-bond acceptors (Lipinski definition) is 3. The van der Waals surface area contributed by atoms with Crippen LogP contribution in [-0.2, 0) is 13.0 Å². The number of benzene rings is 1. The first-order valence-corrected chi connectivity index (χ1v) is 6.23. The second-order valence-electron chi connectivity index (χ2n) is 4.90. The van der Waals surface area contributed by atoms with Gasteiger partial charge in [0.1, 0.15) is 0 Å². The number of hydrogen-bond donors (Lipinski definition) is 1. The van der Waals surface area contributed by atoms with E-state index in [0.717, 1.165) is 32.6 Å². The van der Waals surface area contributed by atoms with Gasteiger partial charge in [-0.2, -0.15) is 0 Å². The van der Waals surface area contributed by atoms with Crippen molar-refractivity contribution in [3.8, 4) is 0 Å². The van der Waals surface area contributed by atoms with Gasteiger partial charge in [-0.25, -0.2) is 0 Å². The van der Waals surface area contributed by atoms with Crippen LogP contribution in [0.3, 0.4) is 0 Å². The molecule has 0 aromatic heterocycles. The molecule has 2 N–H and O–H groups in total. The van der Waals surface area contributed by atoms with Gasteiger partial charge in [0.2, 0.25) is 0 Å². The molecule has 1 aromatic rings. The molecule has 0 atom stereocenters. The molecule has 0 unspecified atom stereocenters. The Balaban J connectivity index is 2.40. The third-order valence-corrected chi connectivity index (χ3v) is 2.84. The molecule has 0 fully saturated rings. The van der Waals surface area contributed by atoms with Crippen LogP contribution in [0.15, 0.2) is 24.3 Å². The molecule has 0 aliphatic rings. The lowest BCUT2D eigenvalue weighted by Crippen LogP contribution is -2.28. The van der Waals surface area contributed by atoms with Crippen LogP contribution in [0.4, 0.5) is 0 Å². The maximum atomic E-state index is 5.53. The van der Waals surface area contributed by atoms with E-state index in [2.05, 4.69) is 55.2 Å². The van der Waals surface area contributed by atoms with Crippen LogP contribution in [-0.4, -0.2) is 50.6 Å². The SMILES string of the molecule is CN(C)CCN(C)Cc1ccc(CCN)cc1. The Morgan fingerprint density at radius 2 is 1.53 bits per heavy atom. The third-order valence-electron chi connectivity index (χ3n) is 2.84. The van der Waals surface area contributed by atoms with E-state index in [-0.39, 0.29) is 0 Å². The summed E-state index contributed by atoms with van der Waals surface area (Å²) in [4.78, 5) is 4.55. The number of nitrogens with two attached hydrogens (primary N) is 1. The fourth-order valence-corrected chi connectivity index (χ4v) is 1.74. The summed E-state index contributed by atoms with van der Waals surface area (Å²) in [6.45, 7) is 3.93. The summed E-state index contributed by atoms with van der Waals surface area (Å²) in [7, 11) is 6.38. The summed E-state index contributed by atoms with van der Waals surface area (Å²) < 4.78 is 0. The van der Waals surface area contributed by atoms with Gasteiger partial charge in [0, 0.05) is 19.6 Å². The minimum absolute atomic E-state index is 0.724. The first-order valence-electron chi connectivity index (χ1n) is 6.23. The highest BCUT2D eigenvalue weighted by Gasteiger charge is 2.01.